The van der Waals surface area contributed by atoms with Gasteiger partial charge in [-0.2, -0.15) is 0 Å². The van der Waals surface area contributed by atoms with Crippen LogP contribution in [0.15, 0.2) is 4.99 Å². The number of hydrogen-bond acceptors (Lipinski definition) is 2. The molecule has 0 bridgehead atoms. The SMILES string of the molecule is CCNC(=NCC(C)C)N(C)CCOCC1CC1. The van der Waals surface area contributed by atoms with Crippen LogP contribution in [0.4, 0.5) is 0 Å². The first-order chi connectivity index (χ1) is 8.63. The Morgan fingerprint density at radius 1 is 1.44 bits per heavy atom. The molecule has 0 aromatic carbocycles. The largest absolute Gasteiger partial charge is 0.379 e. The van der Waals surface area contributed by atoms with Crippen LogP contribution in [0.5, 0.6) is 0 Å². The summed E-state index contributed by atoms with van der Waals surface area (Å²) >= 11 is 0. The van der Waals surface area contributed by atoms with E-state index < -0.39 is 0 Å². The van der Waals surface area contributed by atoms with E-state index in [0.29, 0.717) is 5.92 Å². The van der Waals surface area contributed by atoms with Crippen molar-refractivity contribution < 1.29 is 4.74 Å². The van der Waals surface area contributed by atoms with E-state index in [4.69, 9.17) is 4.74 Å². The van der Waals surface area contributed by atoms with E-state index in [2.05, 4.69) is 43.0 Å². The van der Waals surface area contributed by atoms with Crippen LogP contribution in [0.25, 0.3) is 0 Å². The van der Waals surface area contributed by atoms with Gasteiger partial charge in [-0.1, -0.05) is 13.8 Å². The second-order valence-electron chi connectivity index (χ2n) is 5.53. The molecule has 0 aliphatic heterocycles. The molecule has 0 aromatic rings. The van der Waals surface area contributed by atoms with Crippen LogP contribution in [0, 0.1) is 11.8 Å². The molecule has 0 radical (unpaired) electrons. The summed E-state index contributed by atoms with van der Waals surface area (Å²) in [6, 6.07) is 0. The highest BCUT2D eigenvalue weighted by Gasteiger charge is 2.21. The predicted octanol–water partition coefficient (Wildman–Crippen LogP) is 1.97. The maximum Gasteiger partial charge on any atom is 0.193 e. The molecule has 18 heavy (non-hydrogen) atoms. The van der Waals surface area contributed by atoms with E-state index >= 15 is 0 Å². The highest BCUT2D eigenvalue weighted by molar-refractivity contribution is 5.79. The van der Waals surface area contributed by atoms with Crippen molar-refractivity contribution in [3.8, 4) is 0 Å². The Bertz CT molecular complexity index is 249. The van der Waals surface area contributed by atoms with Crippen molar-refractivity contribution in [1.29, 1.82) is 0 Å². The molecule has 4 nitrogen and oxygen atoms in total. The molecule has 1 aliphatic rings. The van der Waals surface area contributed by atoms with Crippen LogP contribution in [0.1, 0.15) is 33.6 Å². The van der Waals surface area contributed by atoms with E-state index in [0.717, 1.165) is 44.7 Å². The minimum Gasteiger partial charge on any atom is -0.379 e. The molecule has 0 aromatic heterocycles. The Morgan fingerprint density at radius 3 is 2.72 bits per heavy atom. The second kappa shape index (κ2) is 8.35. The molecule has 106 valence electrons. The minimum absolute atomic E-state index is 0.596. The molecule has 1 aliphatic carbocycles. The van der Waals surface area contributed by atoms with Gasteiger partial charge in [0.05, 0.1) is 6.61 Å². The molecule has 0 atom stereocenters. The molecule has 4 heteroatoms. The standard InChI is InChI=1S/C14H29N3O/c1-5-15-14(16-10-12(2)3)17(4)8-9-18-11-13-6-7-13/h12-13H,5-11H2,1-4H3,(H,15,16). The summed E-state index contributed by atoms with van der Waals surface area (Å²) in [4.78, 5) is 6.77. The third kappa shape index (κ3) is 6.84. The number of nitrogens with zero attached hydrogens (tertiary/aromatic N) is 2. The Balaban J connectivity index is 2.23. The number of likely N-dealkylation sites (N-methyl/N-ethyl adjacent to an activating group) is 1. The molecule has 0 unspecified atom stereocenters. The van der Waals surface area contributed by atoms with Crippen molar-refractivity contribution in [2.24, 2.45) is 16.8 Å². The molecule has 1 N–H and O–H groups in total. The van der Waals surface area contributed by atoms with Crippen LogP contribution < -0.4 is 5.32 Å². The molecule has 0 saturated heterocycles. The summed E-state index contributed by atoms with van der Waals surface area (Å²) < 4.78 is 5.66. The van der Waals surface area contributed by atoms with Gasteiger partial charge in [0.1, 0.15) is 0 Å². The maximum atomic E-state index is 5.66. The van der Waals surface area contributed by atoms with Gasteiger partial charge in [0.15, 0.2) is 5.96 Å². The fraction of sp³-hybridized carbons (Fsp3) is 0.929. The van der Waals surface area contributed by atoms with Gasteiger partial charge in [-0.3, -0.25) is 4.99 Å². The average Bonchev–Trinajstić information content (AvgIpc) is 3.13. The second-order valence-corrected chi connectivity index (χ2v) is 5.53. The molecule has 1 rings (SSSR count). The third-order valence-electron chi connectivity index (χ3n) is 2.92. The Morgan fingerprint density at radius 2 is 2.17 bits per heavy atom. The van der Waals surface area contributed by atoms with Gasteiger partial charge in [-0.15, -0.1) is 0 Å². The van der Waals surface area contributed by atoms with Crippen LogP contribution in [-0.4, -0.2) is 50.8 Å². The molecule has 0 spiro atoms. The Kier molecular flexibility index (Phi) is 7.09. The zero-order chi connectivity index (χ0) is 13.4. The van der Waals surface area contributed by atoms with E-state index in [-0.39, 0.29) is 0 Å². The maximum absolute atomic E-state index is 5.66. The molecular weight excluding hydrogens is 226 g/mol. The fourth-order valence-corrected chi connectivity index (χ4v) is 1.58. The minimum atomic E-state index is 0.596. The van der Waals surface area contributed by atoms with Crippen molar-refractivity contribution in [2.75, 3.05) is 39.9 Å². The highest BCUT2D eigenvalue weighted by Crippen LogP contribution is 2.28. The van der Waals surface area contributed by atoms with Gasteiger partial charge < -0.3 is 15.0 Å². The van der Waals surface area contributed by atoms with Gasteiger partial charge in [-0.05, 0) is 31.6 Å². The molecule has 0 heterocycles. The van der Waals surface area contributed by atoms with Crippen molar-refractivity contribution in [3.63, 3.8) is 0 Å². The summed E-state index contributed by atoms with van der Waals surface area (Å²) in [6.07, 6.45) is 2.71. The lowest BCUT2D eigenvalue weighted by Crippen LogP contribution is -2.40. The first kappa shape index (κ1) is 15.3. The van der Waals surface area contributed by atoms with E-state index in [1.807, 2.05) is 0 Å². The molecule has 0 amide bonds. The average molecular weight is 255 g/mol. The normalized spacial score (nSPS) is 16.2. The van der Waals surface area contributed by atoms with Crippen molar-refractivity contribution in [2.45, 2.75) is 33.6 Å². The number of guanidine groups is 1. The number of rotatable bonds is 8. The summed E-state index contributed by atoms with van der Waals surface area (Å²) in [5.41, 5.74) is 0. The fourth-order valence-electron chi connectivity index (χ4n) is 1.58. The Hall–Kier alpha value is -0.770. The van der Waals surface area contributed by atoms with E-state index in [9.17, 15) is 0 Å². The Labute approximate surface area is 112 Å². The number of ether oxygens (including phenoxy) is 1. The summed E-state index contributed by atoms with van der Waals surface area (Å²) in [6.45, 7) is 10.9. The van der Waals surface area contributed by atoms with Gasteiger partial charge in [0.2, 0.25) is 0 Å². The van der Waals surface area contributed by atoms with Crippen molar-refractivity contribution in [1.82, 2.24) is 10.2 Å². The molecule has 1 saturated carbocycles. The van der Waals surface area contributed by atoms with Crippen molar-refractivity contribution in [3.05, 3.63) is 0 Å². The van der Waals surface area contributed by atoms with Gasteiger partial charge in [0.25, 0.3) is 0 Å². The molecular formula is C14H29N3O. The smallest absolute Gasteiger partial charge is 0.193 e. The van der Waals surface area contributed by atoms with Crippen LogP contribution in [0.2, 0.25) is 0 Å². The monoisotopic (exact) mass is 255 g/mol. The van der Waals surface area contributed by atoms with Crippen LogP contribution in [-0.2, 0) is 4.74 Å². The zero-order valence-electron chi connectivity index (χ0n) is 12.4. The quantitative estimate of drug-likeness (QED) is 0.409. The van der Waals surface area contributed by atoms with Crippen LogP contribution >= 0.6 is 0 Å². The summed E-state index contributed by atoms with van der Waals surface area (Å²) in [5.74, 6) is 2.43. The van der Waals surface area contributed by atoms with Crippen LogP contribution in [0.3, 0.4) is 0 Å². The summed E-state index contributed by atoms with van der Waals surface area (Å²) in [7, 11) is 2.07. The number of nitrogens with one attached hydrogen (secondary N) is 1. The predicted molar refractivity (Wildman–Crippen MR) is 77.0 cm³/mol. The lowest BCUT2D eigenvalue weighted by molar-refractivity contribution is 0.115. The lowest BCUT2D eigenvalue weighted by atomic mass is 10.2. The van der Waals surface area contributed by atoms with Gasteiger partial charge >= 0.3 is 0 Å². The summed E-state index contributed by atoms with van der Waals surface area (Å²) in [5, 5.41) is 3.32. The zero-order valence-corrected chi connectivity index (χ0v) is 12.4. The topological polar surface area (TPSA) is 36.9 Å². The molecule has 1 fully saturated rings. The number of hydrogen-bond donors (Lipinski definition) is 1. The lowest BCUT2D eigenvalue weighted by Gasteiger charge is -2.22. The van der Waals surface area contributed by atoms with E-state index in [1.165, 1.54) is 12.8 Å². The highest BCUT2D eigenvalue weighted by atomic mass is 16.5. The van der Waals surface area contributed by atoms with Gasteiger partial charge in [0, 0.05) is 33.3 Å². The van der Waals surface area contributed by atoms with E-state index in [1.54, 1.807) is 0 Å². The first-order valence-corrected chi connectivity index (χ1v) is 7.20. The third-order valence-corrected chi connectivity index (χ3v) is 2.92. The first-order valence-electron chi connectivity index (χ1n) is 7.20. The number of aliphatic imine (C=N–C) groups is 1. The van der Waals surface area contributed by atoms with Gasteiger partial charge in [-0.25, -0.2) is 0 Å². The van der Waals surface area contributed by atoms with Crippen molar-refractivity contribution >= 4 is 5.96 Å².